The minimum atomic E-state index is -1.12. The SMILES string of the molecule is CCCCCCCCCCC/C=C/CCCCCCCCCC(=O)OCC(COCCC(C(=O)[O-])[N+](C)(C)C)OC(=O)CCCCCCC/C=C/CCCCCCCCCCC. The molecule has 0 aliphatic heterocycles. The lowest BCUT2D eigenvalue weighted by molar-refractivity contribution is -0.889. The molecule has 8 nitrogen and oxygen atoms in total. The van der Waals surface area contributed by atoms with Gasteiger partial charge in [-0.3, -0.25) is 9.59 Å². The number of likely N-dealkylation sites (N-methyl/N-ethyl adjacent to an activating group) is 1. The van der Waals surface area contributed by atoms with Gasteiger partial charge in [-0.25, -0.2) is 0 Å². The lowest BCUT2D eigenvalue weighted by Crippen LogP contribution is -2.55. The first-order chi connectivity index (χ1) is 30.1. The molecule has 0 fully saturated rings. The monoisotopic (exact) mass is 876 g/mol. The van der Waals surface area contributed by atoms with Gasteiger partial charge in [-0.1, -0.05) is 192 Å². The fourth-order valence-electron chi connectivity index (χ4n) is 7.94. The van der Waals surface area contributed by atoms with Gasteiger partial charge in [0.2, 0.25) is 0 Å². The highest BCUT2D eigenvalue weighted by Gasteiger charge is 2.25. The molecule has 0 aliphatic carbocycles. The minimum Gasteiger partial charge on any atom is -0.544 e. The second-order valence-corrected chi connectivity index (χ2v) is 19.1. The maximum absolute atomic E-state index is 12.8. The lowest BCUT2D eigenvalue weighted by Gasteiger charge is -2.34. The van der Waals surface area contributed by atoms with E-state index in [0.29, 0.717) is 12.8 Å². The van der Waals surface area contributed by atoms with Crippen LogP contribution in [0.2, 0.25) is 0 Å². The van der Waals surface area contributed by atoms with Crippen molar-refractivity contribution in [2.75, 3.05) is 41.0 Å². The fraction of sp³-hybridized carbons (Fsp3) is 0.870. The molecule has 0 aromatic heterocycles. The summed E-state index contributed by atoms with van der Waals surface area (Å²) in [5.41, 5.74) is 0. The van der Waals surface area contributed by atoms with Crippen LogP contribution in [0.5, 0.6) is 0 Å². The highest BCUT2D eigenvalue weighted by molar-refractivity contribution is 5.70. The maximum Gasteiger partial charge on any atom is 0.306 e. The van der Waals surface area contributed by atoms with E-state index in [1.54, 1.807) is 21.1 Å². The Labute approximate surface area is 383 Å². The van der Waals surface area contributed by atoms with Crippen molar-refractivity contribution < 1.29 is 38.2 Å². The Kier molecular flexibility index (Phi) is 43.8. The summed E-state index contributed by atoms with van der Waals surface area (Å²) in [6, 6.07) is -0.726. The summed E-state index contributed by atoms with van der Waals surface area (Å²) in [5, 5.41) is 11.7. The molecule has 0 saturated carbocycles. The average Bonchev–Trinajstić information content (AvgIpc) is 3.23. The number of unbranched alkanes of at least 4 members (excludes halogenated alkanes) is 30. The molecule has 0 N–H and O–H groups in total. The molecule has 0 radical (unpaired) electrons. The van der Waals surface area contributed by atoms with Gasteiger partial charge < -0.3 is 28.6 Å². The zero-order valence-electron chi connectivity index (χ0n) is 41.6. The molecule has 2 unspecified atom stereocenters. The number of hydrogen-bond donors (Lipinski definition) is 0. The van der Waals surface area contributed by atoms with Gasteiger partial charge in [-0.05, 0) is 64.2 Å². The normalized spacial score (nSPS) is 13.0. The van der Waals surface area contributed by atoms with Gasteiger partial charge in [-0.15, -0.1) is 0 Å². The number of carbonyl (C=O) groups is 3. The van der Waals surface area contributed by atoms with Crippen molar-refractivity contribution in [3.8, 4) is 0 Å². The van der Waals surface area contributed by atoms with Gasteiger partial charge >= 0.3 is 11.9 Å². The minimum absolute atomic E-state index is 0.0394. The summed E-state index contributed by atoms with van der Waals surface area (Å²) in [6.07, 6.45) is 52.1. The number of rotatable bonds is 48. The van der Waals surface area contributed by atoms with Crippen LogP contribution in [-0.2, 0) is 28.6 Å². The van der Waals surface area contributed by atoms with E-state index in [-0.39, 0.29) is 42.7 Å². The van der Waals surface area contributed by atoms with Crippen LogP contribution in [0.4, 0.5) is 0 Å². The van der Waals surface area contributed by atoms with Crippen LogP contribution in [0.15, 0.2) is 24.3 Å². The van der Waals surface area contributed by atoms with Gasteiger partial charge in [0.15, 0.2) is 6.10 Å². The van der Waals surface area contributed by atoms with E-state index in [1.165, 1.54) is 167 Å². The van der Waals surface area contributed by atoms with Gasteiger partial charge in [0, 0.05) is 19.3 Å². The predicted octanol–water partition coefficient (Wildman–Crippen LogP) is 13.9. The van der Waals surface area contributed by atoms with Crippen molar-refractivity contribution >= 4 is 17.9 Å². The number of carboxylic acid groups (broad SMARTS) is 1. The van der Waals surface area contributed by atoms with E-state index in [9.17, 15) is 19.5 Å². The van der Waals surface area contributed by atoms with Crippen LogP contribution >= 0.6 is 0 Å². The molecule has 0 bridgehead atoms. The van der Waals surface area contributed by atoms with Crippen LogP contribution in [0.25, 0.3) is 0 Å². The van der Waals surface area contributed by atoms with Gasteiger partial charge in [0.1, 0.15) is 12.6 Å². The quantitative estimate of drug-likeness (QED) is 0.0260. The second kappa shape index (κ2) is 45.4. The van der Waals surface area contributed by atoms with Crippen LogP contribution in [0, 0.1) is 0 Å². The highest BCUT2D eigenvalue weighted by Crippen LogP contribution is 2.15. The van der Waals surface area contributed by atoms with Crippen molar-refractivity contribution in [2.45, 2.75) is 264 Å². The Morgan fingerprint density at radius 1 is 0.468 bits per heavy atom. The van der Waals surface area contributed by atoms with Crippen molar-refractivity contribution in [1.82, 2.24) is 0 Å². The first-order valence-electron chi connectivity index (χ1n) is 26.4. The summed E-state index contributed by atoms with van der Waals surface area (Å²) < 4.78 is 17.2. The second-order valence-electron chi connectivity index (χ2n) is 19.1. The summed E-state index contributed by atoms with van der Waals surface area (Å²) in [4.78, 5) is 37.0. The number of nitrogens with zero attached hydrogens (tertiary/aromatic N) is 1. The molecule has 0 aromatic carbocycles. The molecule has 0 aromatic rings. The number of carboxylic acids is 1. The molecular weight excluding hydrogens is 775 g/mol. The highest BCUT2D eigenvalue weighted by atomic mass is 16.6. The smallest absolute Gasteiger partial charge is 0.306 e. The molecule has 0 saturated heterocycles. The van der Waals surface area contributed by atoms with Crippen LogP contribution in [-0.4, -0.2) is 75.5 Å². The Hall–Kier alpha value is -2.19. The van der Waals surface area contributed by atoms with E-state index < -0.39 is 18.1 Å². The number of quaternary nitrogens is 1. The number of allylic oxidation sites excluding steroid dienone is 4. The molecule has 8 heteroatoms. The number of aliphatic carboxylic acids is 1. The summed E-state index contributed by atoms with van der Waals surface area (Å²) in [7, 11) is 5.42. The lowest BCUT2D eigenvalue weighted by atomic mass is 10.1. The maximum atomic E-state index is 12.8. The number of ether oxygens (including phenoxy) is 3. The van der Waals surface area contributed by atoms with Crippen LogP contribution < -0.4 is 5.11 Å². The van der Waals surface area contributed by atoms with Gasteiger partial charge in [0.05, 0.1) is 40.3 Å². The van der Waals surface area contributed by atoms with Crippen LogP contribution in [0.3, 0.4) is 0 Å². The first kappa shape index (κ1) is 59.8. The van der Waals surface area contributed by atoms with E-state index in [0.717, 1.165) is 51.4 Å². The van der Waals surface area contributed by atoms with E-state index in [1.807, 2.05) is 0 Å². The topological polar surface area (TPSA) is 102 Å². The first-order valence-corrected chi connectivity index (χ1v) is 26.4. The third-order valence-electron chi connectivity index (χ3n) is 12.1. The molecule has 0 amide bonds. The average molecular weight is 876 g/mol. The summed E-state index contributed by atoms with van der Waals surface area (Å²) in [6.45, 7) is 4.69. The predicted molar refractivity (Wildman–Crippen MR) is 259 cm³/mol. The van der Waals surface area contributed by atoms with Crippen molar-refractivity contribution in [3.05, 3.63) is 24.3 Å². The number of hydrogen-bond acceptors (Lipinski definition) is 7. The standard InChI is InChI=1S/C54H101NO7/c1-6-8-10-12-14-16-18-20-22-24-26-27-29-30-32-34-36-38-40-42-44-52(56)61-49-50(48-60-47-46-51(54(58)59)55(3,4)5)62-53(57)45-43-41-39-37-35-33-31-28-25-23-21-19-17-15-13-11-9-7-2/h26-28,31,50-51H,6-25,29-30,32-49H2,1-5H3/b27-26+,31-28+. The van der Waals surface area contributed by atoms with Crippen molar-refractivity contribution in [2.24, 2.45) is 0 Å². The summed E-state index contributed by atoms with van der Waals surface area (Å²) in [5.74, 6) is -1.74. The largest absolute Gasteiger partial charge is 0.544 e. The third-order valence-corrected chi connectivity index (χ3v) is 12.1. The van der Waals surface area contributed by atoms with Crippen molar-refractivity contribution in [3.63, 3.8) is 0 Å². The molecule has 2 atom stereocenters. The third kappa shape index (κ3) is 43.1. The number of carbonyl (C=O) groups excluding carboxylic acids is 3. The molecule has 0 rings (SSSR count). The van der Waals surface area contributed by atoms with Crippen molar-refractivity contribution in [1.29, 1.82) is 0 Å². The molecule has 364 valence electrons. The molecule has 0 aliphatic rings. The molecule has 62 heavy (non-hydrogen) atoms. The zero-order valence-corrected chi connectivity index (χ0v) is 41.6. The Balaban J connectivity index is 4.23. The zero-order chi connectivity index (χ0) is 45.6. The summed E-state index contributed by atoms with van der Waals surface area (Å²) >= 11 is 0. The van der Waals surface area contributed by atoms with Gasteiger partial charge in [-0.2, -0.15) is 0 Å². The Morgan fingerprint density at radius 2 is 0.806 bits per heavy atom. The fourth-order valence-corrected chi connectivity index (χ4v) is 7.94. The van der Waals surface area contributed by atoms with Gasteiger partial charge in [0.25, 0.3) is 0 Å². The Bertz CT molecular complexity index is 1070. The van der Waals surface area contributed by atoms with E-state index >= 15 is 0 Å². The number of esters is 2. The van der Waals surface area contributed by atoms with E-state index in [4.69, 9.17) is 14.2 Å². The Morgan fingerprint density at radius 3 is 1.16 bits per heavy atom. The van der Waals surface area contributed by atoms with E-state index in [2.05, 4.69) is 38.2 Å². The molecule has 0 heterocycles. The molecule has 0 spiro atoms. The van der Waals surface area contributed by atoms with Crippen LogP contribution in [0.1, 0.15) is 251 Å². The molecular formula is C54H101NO7.